The van der Waals surface area contributed by atoms with Gasteiger partial charge in [-0.2, -0.15) is 8.78 Å². The predicted molar refractivity (Wildman–Crippen MR) is 74.9 cm³/mol. The Morgan fingerprint density at radius 3 is 2.55 bits per heavy atom. The summed E-state index contributed by atoms with van der Waals surface area (Å²) in [6.07, 6.45) is 1.75. The number of halogens is 2. The Labute approximate surface area is 119 Å². The Hall–Kier alpha value is -0.970. The highest BCUT2D eigenvalue weighted by atomic mass is 32.2. The van der Waals surface area contributed by atoms with Crippen LogP contribution in [0.25, 0.3) is 0 Å². The molecule has 0 amide bonds. The monoisotopic (exact) mass is 302 g/mol. The van der Waals surface area contributed by atoms with E-state index in [9.17, 15) is 17.2 Å². The summed E-state index contributed by atoms with van der Waals surface area (Å²) in [7, 11) is -4.56. The molecule has 0 spiro atoms. The molecular weight excluding hydrogens is 282 g/mol. The van der Waals surface area contributed by atoms with Gasteiger partial charge in [0.1, 0.15) is 0 Å². The number of hydrogen-bond acceptors (Lipinski definition) is 2. The maximum absolute atomic E-state index is 14.0. The number of aryl methyl sites for hydroxylation is 2. The second-order valence-electron chi connectivity index (χ2n) is 5.68. The van der Waals surface area contributed by atoms with Crippen LogP contribution in [0.1, 0.15) is 55.2 Å². The highest BCUT2D eigenvalue weighted by Gasteiger charge is 2.53. The first-order valence-electron chi connectivity index (χ1n) is 6.94. The molecule has 0 fully saturated rings. The molecule has 5 heteroatoms. The van der Waals surface area contributed by atoms with E-state index in [1.807, 2.05) is 13.8 Å². The van der Waals surface area contributed by atoms with Crippen LogP contribution >= 0.6 is 0 Å². The van der Waals surface area contributed by atoms with Crippen molar-refractivity contribution in [2.75, 3.05) is 0 Å². The zero-order valence-electron chi connectivity index (χ0n) is 12.0. The maximum Gasteiger partial charge on any atom is 0.350 e. The first-order valence-corrected chi connectivity index (χ1v) is 8.42. The van der Waals surface area contributed by atoms with Gasteiger partial charge in [0.25, 0.3) is 0 Å². The highest BCUT2D eigenvalue weighted by molar-refractivity contribution is 7.92. The van der Waals surface area contributed by atoms with Crippen molar-refractivity contribution in [3.8, 4) is 0 Å². The summed E-state index contributed by atoms with van der Waals surface area (Å²) in [5, 5.41) is -3.65. The summed E-state index contributed by atoms with van der Waals surface area (Å²) in [4.78, 5) is -0.138. The number of hydrogen-bond donors (Lipinski definition) is 0. The standard InChI is InChI=1S/C15H20F2O2S/c1-4-5-6-12-9-15(16,17)20(18,19)14-11(3)7-10(2)8-13(12)14/h7-8,12H,4-6,9H2,1-3H3. The molecule has 1 aliphatic rings. The lowest BCUT2D eigenvalue weighted by Crippen LogP contribution is -2.36. The topological polar surface area (TPSA) is 34.1 Å². The van der Waals surface area contributed by atoms with Gasteiger partial charge in [0.05, 0.1) is 4.90 Å². The summed E-state index contributed by atoms with van der Waals surface area (Å²) in [6.45, 7) is 5.46. The molecule has 1 heterocycles. The van der Waals surface area contributed by atoms with Crippen molar-refractivity contribution in [3.63, 3.8) is 0 Å². The number of fused-ring (bicyclic) bond motifs is 1. The largest absolute Gasteiger partial charge is 0.350 e. The van der Waals surface area contributed by atoms with E-state index >= 15 is 0 Å². The zero-order valence-corrected chi connectivity index (χ0v) is 12.9. The van der Waals surface area contributed by atoms with E-state index < -0.39 is 21.5 Å². The van der Waals surface area contributed by atoms with Gasteiger partial charge in [-0.1, -0.05) is 37.5 Å². The van der Waals surface area contributed by atoms with Crippen molar-refractivity contribution in [1.82, 2.24) is 0 Å². The molecular formula is C15H20F2O2S. The van der Waals surface area contributed by atoms with Gasteiger partial charge in [-0.05, 0) is 37.3 Å². The third kappa shape index (κ3) is 2.36. The average Bonchev–Trinajstić information content (AvgIpc) is 2.31. The first-order chi connectivity index (χ1) is 9.20. The third-order valence-electron chi connectivity index (χ3n) is 3.94. The number of alkyl halides is 2. The molecule has 1 aliphatic heterocycles. The normalized spacial score (nSPS) is 23.4. The van der Waals surface area contributed by atoms with Gasteiger partial charge in [0.15, 0.2) is 0 Å². The Morgan fingerprint density at radius 2 is 1.95 bits per heavy atom. The summed E-state index contributed by atoms with van der Waals surface area (Å²) in [5.74, 6) is -0.373. The molecule has 0 aliphatic carbocycles. The second-order valence-corrected chi connectivity index (χ2v) is 7.70. The molecule has 2 nitrogen and oxygen atoms in total. The van der Waals surface area contributed by atoms with Crippen LogP contribution < -0.4 is 0 Å². The zero-order chi connectivity index (χ0) is 15.1. The summed E-state index contributed by atoms with van der Waals surface area (Å²) < 4.78 is 52.3. The van der Waals surface area contributed by atoms with Crippen LogP contribution in [-0.4, -0.2) is 13.7 Å². The molecule has 0 saturated carbocycles. The Morgan fingerprint density at radius 1 is 1.30 bits per heavy atom. The number of unbranched alkanes of at least 4 members (excludes halogenated alkanes) is 1. The lowest BCUT2D eigenvalue weighted by atomic mass is 9.88. The fourth-order valence-corrected chi connectivity index (χ4v) is 4.76. The second kappa shape index (κ2) is 5.10. The first kappa shape index (κ1) is 15.4. The van der Waals surface area contributed by atoms with Crippen LogP contribution in [0.3, 0.4) is 0 Å². The van der Waals surface area contributed by atoms with E-state index in [0.29, 0.717) is 17.5 Å². The van der Waals surface area contributed by atoms with Crippen LogP contribution in [0.5, 0.6) is 0 Å². The molecule has 2 rings (SSSR count). The van der Waals surface area contributed by atoms with Gasteiger partial charge in [0.2, 0.25) is 9.84 Å². The molecule has 20 heavy (non-hydrogen) atoms. The molecule has 0 N–H and O–H groups in total. The molecule has 1 aromatic rings. The SMILES string of the molecule is CCCCC1CC(F)(F)S(=O)(=O)c2c(C)cc(C)cc21. The van der Waals surface area contributed by atoms with Crippen LogP contribution in [0.4, 0.5) is 8.78 Å². The van der Waals surface area contributed by atoms with E-state index in [2.05, 4.69) is 0 Å². The molecule has 1 aromatic carbocycles. The van der Waals surface area contributed by atoms with Crippen molar-refractivity contribution in [3.05, 3.63) is 28.8 Å². The number of sulfone groups is 1. The van der Waals surface area contributed by atoms with E-state index in [1.54, 1.807) is 19.1 Å². The Bertz CT molecular complexity index is 621. The van der Waals surface area contributed by atoms with Crippen molar-refractivity contribution in [1.29, 1.82) is 0 Å². The molecule has 0 saturated heterocycles. The summed E-state index contributed by atoms with van der Waals surface area (Å²) in [5.41, 5.74) is 1.94. The average molecular weight is 302 g/mol. The molecule has 112 valence electrons. The van der Waals surface area contributed by atoms with Crippen LogP contribution in [0, 0.1) is 13.8 Å². The van der Waals surface area contributed by atoms with Crippen molar-refractivity contribution in [2.24, 2.45) is 0 Å². The van der Waals surface area contributed by atoms with E-state index in [0.717, 1.165) is 18.4 Å². The minimum Gasteiger partial charge on any atom is -0.217 e. The fraction of sp³-hybridized carbons (Fsp3) is 0.600. The quantitative estimate of drug-likeness (QED) is 0.832. The van der Waals surface area contributed by atoms with Crippen molar-refractivity contribution < 1.29 is 17.2 Å². The third-order valence-corrected chi connectivity index (χ3v) is 5.99. The molecule has 0 radical (unpaired) electrons. The van der Waals surface area contributed by atoms with Crippen LogP contribution in [0.2, 0.25) is 0 Å². The minimum absolute atomic E-state index is 0.138. The van der Waals surface area contributed by atoms with Gasteiger partial charge in [-0.3, -0.25) is 0 Å². The highest BCUT2D eigenvalue weighted by Crippen LogP contribution is 2.48. The van der Waals surface area contributed by atoms with Crippen molar-refractivity contribution in [2.45, 2.75) is 62.5 Å². The lowest BCUT2D eigenvalue weighted by Gasteiger charge is -2.32. The Balaban J connectivity index is 2.65. The van der Waals surface area contributed by atoms with E-state index in [4.69, 9.17) is 0 Å². The fourth-order valence-electron chi connectivity index (χ4n) is 3.02. The number of rotatable bonds is 3. The summed E-state index contributed by atoms with van der Waals surface area (Å²) >= 11 is 0. The van der Waals surface area contributed by atoms with Gasteiger partial charge in [-0.25, -0.2) is 8.42 Å². The van der Waals surface area contributed by atoms with Gasteiger partial charge in [-0.15, -0.1) is 0 Å². The van der Waals surface area contributed by atoms with E-state index in [-0.39, 0.29) is 10.8 Å². The molecule has 0 bridgehead atoms. The minimum atomic E-state index is -4.56. The molecule has 1 unspecified atom stereocenters. The van der Waals surface area contributed by atoms with Crippen LogP contribution in [-0.2, 0) is 9.84 Å². The smallest absolute Gasteiger partial charge is 0.217 e. The van der Waals surface area contributed by atoms with Gasteiger partial charge in [0, 0.05) is 6.42 Å². The predicted octanol–water partition coefficient (Wildman–Crippen LogP) is 4.35. The summed E-state index contributed by atoms with van der Waals surface area (Å²) in [6, 6.07) is 3.42. The molecule has 0 aromatic heterocycles. The van der Waals surface area contributed by atoms with Crippen LogP contribution in [0.15, 0.2) is 17.0 Å². The van der Waals surface area contributed by atoms with Gasteiger partial charge < -0.3 is 0 Å². The van der Waals surface area contributed by atoms with E-state index in [1.165, 1.54) is 0 Å². The Kier molecular flexibility index (Phi) is 3.93. The van der Waals surface area contributed by atoms with Crippen molar-refractivity contribution >= 4 is 9.84 Å². The van der Waals surface area contributed by atoms with Gasteiger partial charge >= 0.3 is 5.25 Å². The number of benzene rings is 1. The molecule has 1 atom stereocenters. The maximum atomic E-state index is 14.0. The lowest BCUT2D eigenvalue weighted by molar-refractivity contribution is 0.0674.